The summed E-state index contributed by atoms with van der Waals surface area (Å²) in [5, 5.41) is 4.23. The van der Waals surface area contributed by atoms with Gasteiger partial charge in [-0.1, -0.05) is 0 Å². The zero-order valence-corrected chi connectivity index (χ0v) is 8.72. The van der Waals surface area contributed by atoms with E-state index in [0.717, 1.165) is 17.8 Å². The van der Waals surface area contributed by atoms with Crippen molar-refractivity contribution in [3.05, 3.63) is 47.5 Å². The van der Waals surface area contributed by atoms with Gasteiger partial charge in [0.15, 0.2) is 0 Å². The molecule has 4 heteroatoms. The van der Waals surface area contributed by atoms with Gasteiger partial charge in [-0.3, -0.25) is 9.67 Å². The molecule has 0 aliphatic rings. The van der Waals surface area contributed by atoms with Crippen LogP contribution in [0.2, 0.25) is 0 Å². The first-order valence-electron chi connectivity index (χ1n) is 4.91. The van der Waals surface area contributed by atoms with Crippen molar-refractivity contribution in [1.29, 1.82) is 0 Å². The Hall–Kier alpha value is -1.68. The zero-order chi connectivity index (χ0) is 10.7. The van der Waals surface area contributed by atoms with Gasteiger partial charge in [-0.05, 0) is 24.6 Å². The lowest BCUT2D eigenvalue weighted by atomic mass is 10.2. The predicted molar refractivity (Wildman–Crippen MR) is 58.2 cm³/mol. The van der Waals surface area contributed by atoms with Crippen molar-refractivity contribution in [1.82, 2.24) is 14.8 Å². The highest BCUT2D eigenvalue weighted by atomic mass is 15.3. The smallest absolute Gasteiger partial charge is 0.0660 e. The van der Waals surface area contributed by atoms with Gasteiger partial charge in [-0.2, -0.15) is 5.10 Å². The molecular weight excluding hydrogens is 188 g/mol. The highest BCUT2D eigenvalue weighted by Gasteiger charge is 1.98. The average molecular weight is 202 g/mol. The summed E-state index contributed by atoms with van der Waals surface area (Å²) in [5.41, 5.74) is 8.80. The molecule has 0 aliphatic heterocycles. The summed E-state index contributed by atoms with van der Waals surface area (Å²) >= 11 is 0. The fraction of sp³-hybridized carbons (Fsp3) is 0.273. The molecule has 0 atom stereocenters. The normalized spacial score (nSPS) is 10.5. The van der Waals surface area contributed by atoms with Crippen LogP contribution in [0.1, 0.15) is 16.8 Å². The van der Waals surface area contributed by atoms with Crippen LogP contribution in [0.15, 0.2) is 30.7 Å². The molecule has 2 N–H and O–H groups in total. The predicted octanol–water partition coefficient (Wildman–Crippen LogP) is 1.09. The highest BCUT2D eigenvalue weighted by molar-refractivity contribution is 5.16. The Kier molecular flexibility index (Phi) is 2.78. The molecule has 0 unspecified atom stereocenters. The van der Waals surface area contributed by atoms with E-state index >= 15 is 0 Å². The first-order chi connectivity index (χ1) is 7.28. The van der Waals surface area contributed by atoms with Gasteiger partial charge < -0.3 is 5.73 Å². The Balaban J connectivity index is 2.14. The lowest BCUT2D eigenvalue weighted by Gasteiger charge is -2.02. The van der Waals surface area contributed by atoms with Gasteiger partial charge in [0.2, 0.25) is 0 Å². The van der Waals surface area contributed by atoms with Gasteiger partial charge >= 0.3 is 0 Å². The maximum absolute atomic E-state index is 5.52. The SMILES string of the molecule is Cc1cc(Cn2cc(CN)cn2)ccn1. The van der Waals surface area contributed by atoms with E-state index in [1.165, 1.54) is 5.56 Å². The van der Waals surface area contributed by atoms with E-state index in [0.29, 0.717) is 6.54 Å². The van der Waals surface area contributed by atoms with Crippen molar-refractivity contribution >= 4 is 0 Å². The number of nitrogens with two attached hydrogens (primary N) is 1. The standard InChI is InChI=1S/C11H14N4/c1-9-4-10(2-3-13-9)7-15-8-11(5-12)6-14-15/h2-4,6,8H,5,7,12H2,1H3. The summed E-state index contributed by atoms with van der Waals surface area (Å²) in [6, 6.07) is 4.06. The second kappa shape index (κ2) is 4.23. The van der Waals surface area contributed by atoms with Crippen molar-refractivity contribution in [2.24, 2.45) is 5.73 Å². The molecule has 15 heavy (non-hydrogen) atoms. The van der Waals surface area contributed by atoms with Crippen LogP contribution in [0.5, 0.6) is 0 Å². The van der Waals surface area contributed by atoms with Crippen molar-refractivity contribution in [3.8, 4) is 0 Å². The lowest BCUT2D eigenvalue weighted by Crippen LogP contribution is -2.01. The molecule has 2 aromatic rings. The maximum atomic E-state index is 5.52. The lowest BCUT2D eigenvalue weighted by molar-refractivity contribution is 0.684. The maximum Gasteiger partial charge on any atom is 0.0660 e. The summed E-state index contributed by atoms with van der Waals surface area (Å²) < 4.78 is 1.89. The number of aromatic nitrogens is 3. The Morgan fingerprint density at radius 2 is 2.27 bits per heavy atom. The Morgan fingerprint density at radius 1 is 1.40 bits per heavy atom. The van der Waals surface area contributed by atoms with Crippen molar-refractivity contribution in [2.45, 2.75) is 20.0 Å². The summed E-state index contributed by atoms with van der Waals surface area (Å²) in [4.78, 5) is 4.15. The number of rotatable bonds is 3. The molecule has 2 heterocycles. The third-order valence-corrected chi connectivity index (χ3v) is 2.23. The van der Waals surface area contributed by atoms with Gasteiger partial charge in [0, 0.05) is 30.2 Å². The molecule has 78 valence electrons. The number of pyridine rings is 1. The highest BCUT2D eigenvalue weighted by Crippen LogP contribution is 2.04. The molecule has 0 saturated heterocycles. The molecule has 0 aliphatic carbocycles. The van der Waals surface area contributed by atoms with Crippen molar-refractivity contribution < 1.29 is 0 Å². The minimum absolute atomic E-state index is 0.537. The minimum Gasteiger partial charge on any atom is -0.326 e. The largest absolute Gasteiger partial charge is 0.326 e. The number of hydrogen-bond donors (Lipinski definition) is 1. The topological polar surface area (TPSA) is 56.7 Å². The summed E-state index contributed by atoms with van der Waals surface area (Å²) in [5.74, 6) is 0. The molecule has 0 radical (unpaired) electrons. The second-order valence-electron chi connectivity index (χ2n) is 3.56. The Labute approximate surface area is 88.8 Å². The van der Waals surface area contributed by atoms with Crippen LogP contribution in [0, 0.1) is 6.92 Å². The van der Waals surface area contributed by atoms with E-state index in [2.05, 4.69) is 16.1 Å². The molecule has 4 nitrogen and oxygen atoms in total. The van der Waals surface area contributed by atoms with E-state index in [1.807, 2.05) is 30.1 Å². The first kappa shape index (κ1) is 9.86. The summed E-state index contributed by atoms with van der Waals surface area (Å²) in [7, 11) is 0. The Bertz CT molecular complexity index is 447. The molecule has 0 saturated carbocycles. The number of nitrogens with zero attached hydrogens (tertiary/aromatic N) is 3. The Morgan fingerprint density at radius 3 is 2.93 bits per heavy atom. The number of aryl methyl sites for hydroxylation is 1. The van der Waals surface area contributed by atoms with Gasteiger partial charge in [-0.15, -0.1) is 0 Å². The van der Waals surface area contributed by atoms with Crippen LogP contribution in [-0.2, 0) is 13.1 Å². The molecule has 2 rings (SSSR count). The van der Waals surface area contributed by atoms with Crippen LogP contribution in [0.3, 0.4) is 0 Å². The van der Waals surface area contributed by atoms with Crippen LogP contribution in [0.25, 0.3) is 0 Å². The van der Waals surface area contributed by atoms with E-state index < -0.39 is 0 Å². The molecule has 0 bridgehead atoms. The van der Waals surface area contributed by atoms with Gasteiger partial charge in [-0.25, -0.2) is 0 Å². The van der Waals surface area contributed by atoms with Gasteiger partial charge in [0.25, 0.3) is 0 Å². The third kappa shape index (κ3) is 2.41. The van der Waals surface area contributed by atoms with E-state index in [9.17, 15) is 0 Å². The average Bonchev–Trinajstić information content (AvgIpc) is 2.65. The molecule has 2 aromatic heterocycles. The van der Waals surface area contributed by atoms with Crippen LogP contribution in [0.4, 0.5) is 0 Å². The van der Waals surface area contributed by atoms with Crippen molar-refractivity contribution in [3.63, 3.8) is 0 Å². The van der Waals surface area contributed by atoms with Gasteiger partial charge in [0.1, 0.15) is 0 Å². The molecule has 0 aromatic carbocycles. The fourth-order valence-electron chi connectivity index (χ4n) is 1.49. The van der Waals surface area contributed by atoms with Crippen molar-refractivity contribution in [2.75, 3.05) is 0 Å². The van der Waals surface area contributed by atoms with E-state index in [-0.39, 0.29) is 0 Å². The van der Waals surface area contributed by atoms with Crippen LogP contribution in [-0.4, -0.2) is 14.8 Å². The minimum atomic E-state index is 0.537. The van der Waals surface area contributed by atoms with Gasteiger partial charge in [0.05, 0.1) is 12.7 Å². The molecule has 0 spiro atoms. The van der Waals surface area contributed by atoms with E-state index in [1.54, 1.807) is 6.20 Å². The molecular formula is C11H14N4. The molecule has 0 fully saturated rings. The monoisotopic (exact) mass is 202 g/mol. The second-order valence-corrected chi connectivity index (χ2v) is 3.56. The number of hydrogen-bond acceptors (Lipinski definition) is 3. The quantitative estimate of drug-likeness (QED) is 0.810. The molecule has 0 amide bonds. The third-order valence-electron chi connectivity index (χ3n) is 2.23. The fourth-order valence-corrected chi connectivity index (χ4v) is 1.49. The summed E-state index contributed by atoms with van der Waals surface area (Å²) in [6.07, 6.45) is 5.59. The summed E-state index contributed by atoms with van der Waals surface area (Å²) in [6.45, 7) is 3.29. The first-order valence-corrected chi connectivity index (χ1v) is 4.91. The zero-order valence-electron chi connectivity index (χ0n) is 8.72. The van der Waals surface area contributed by atoms with Crippen LogP contribution >= 0.6 is 0 Å². The van der Waals surface area contributed by atoms with E-state index in [4.69, 9.17) is 5.73 Å². The van der Waals surface area contributed by atoms with Crippen LogP contribution < -0.4 is 5.73 Å².